The summed E-state index contributed by atoms with van der Waals surface area (Å²) < 4.78 is 15.6. The van der Waals surface area contributed by atoms with E-state index in [2.05, 4.69) is 15.1 Å². The molecular weight excluding hydrogens is 302 g/mol. The second-order valence-corrected chi connectivity index (χ2v) is 9.77. The minimum atomic E-state index is -1.79. The van der Waals surface area contributed by atoms with Crippen LogP contribution in [0.4, 0.5) is 0 Å². The fourth-order valence-electron chi connectivity index (χ4n) is 1.76. The van der Waals surface area contributed by atoms with Crippen molar-refractivity contribution in [2.24, 2.45) is 0 Å². The molecule has 17 heavy (non-hydrogen) atoms. The summed E-state index contributed by atoms with van der Waals surface area (Å²) in [7, 11) is 0. The number of furan rings is 3. The Bertz CT molecular complexity index is 532. The SMILES string of the molecule is [Se]=P(c1ccoc1)(c1ccoc1)c1ccoc1. The Morgan fingerprint density at radius 3 is 1.29 bits per heavy atom. The van der Waals surface area contributed by atoms with Crippen LogP contribution in [-0.4, -0.2) is 15.1 Å². The maximum atomic E-state index is 5.20. The molecule has 0 aliphatic rings. The van der Waals surface area contributed by atoms with Crippen molar-refractivity contribution < 1.29 is 13.3 Å². The molecule has 0 bridgehead atoms. The number of hydrogen-bond donors (Lipinski definition) is 0. The summed E-state index contributed by atoms with van der Waals surface area (Å²) in [6, 6.07) is 5.93. The van der Waals surface area contributed by atoms with Crippen molar-refractivity contribution in [3.8, 4) is 0 Å². The van der Waals surface area contributed by atoms with Gasteiger partial charge in [0.15, 0.2) is 0 Å². The molecule has 5 heteroatoms. The normalized spacial score (nSPS) is 11.8. The summed E-state index contributed by atoms with van der Waals surface area (Å²) in [5.41, 5.74) is -1.79. The van der Waals surface area contributed by atoms with Crippen molar-refractivity contribution in [1.82, 2.24) is 0 Å². The van der Waals surface area contributed by atoms with Gasteiger partial charge in [0.05, 0.1) is 0 Å². The molecule has 3 aromatic rings. The van der Waals surface area contributed by atoms with Gasteiger partial charge in [-0.2, -0.15) is 0 Å². The molecule has 3 rings (SSSR count). The van der Waals surface area contributed by atoms with E-state index in [0.29, 0.717) is 0 Å². The zero-order valence-corrected chi connectivity index (χ0v) is 11.4. The molecule has 0 radical (unpaired) electrons. The Labute approximate surface area is 106 Å². The van der Waals surface area contributed by atoms with E-state index in [4.69, 9.17) is 13.3 Å². The van der Waals surface area contributed by atoms with Crippen LogP contribution < -0.4 is 15.9 Å². The molecular formula is C12H9O3PSe. The molecule has 0 N–H and O–H groups in total. The van der Waals surface area contributed by atoms with Crippen molar-refractivity contribution in [2.75, 3.05) is 0 Å². The van der Waals surface area contributed by atoms with E-state index in [1.165, 1.54) is 0 Å². The molecule has 0 atom stereocenters. The quantitative estimate of drug-likeness (QED) is 0.547. The summed E-state index contributed by atoms with van der Waals surface area (Å²) >= 11 is 3.33. The van der Waals surface area contributed by atoms with E-state index in [1.807, 2.05) is 18.2 Å². The third kappa shape index (κ3) is 1.69. The molecule has 0 spiro atoms. The van der Waals surface area contributed by atoms with Gasteiger partial charge in [0.25, 0.3) is 0 Å². The van der Waals surface area contributed by atoms with Crippen LogP contribution in [-0.2, 0) is 0 Å². The Morgan fingerprint density at radius 2 is 1.06 bits per heavy atom. The second kappa shape index (κ2) is 4.23. The first-order chi connectivity index (χ1) is 8.32. The summed E-state index contributed by atoms with van der Waals surface area (Å²) in [6.45, 7) is 0. The first-order valence-corrected chi connectivity index (χ1v) is 9.00. The molecule has 0 unspecified atom stereocenters. The number of hydrogen-bond acceptors (Lipinski definition) is 3. The van der Waals surface area contributed by atoms with E-state index < -0.39 is 5.51 Å². The summed E-state index contributed by atoms with van der Waals surface area (Å²) in [5.74, 6) is 0. The molecule has 3 heterocycles. The monoisotopic (exact) mass is 312 g/mol. The van der Waals surface area contributed by atoms with E-state index in [1.54, 1.807) is 37.6 Å². The second-order valence-electron chi connectivity index (χ2n) is 3.55. The van der Waals surface area contributed by atoms with E-state index in [0.717, 1.165) is 15.9 Å². The van der Waals surface area contributed by atoms with Gasteiger partial charge in [0, 0.05) is 0 Å². The van der Waals surface area contributed by atoms with Crippen molar-refractivity contribution in [1.29, 1.82) is 0 Å². The predicted molar refractivity (Wildman–Crippen MR) is 67.7 cm³/mol. The van der Waals surface area contributed by atoms with Gasteiger partial charge in [0.2, 0.25) is 0 Å². The van der Waals surface area contributed by atoms with Gasteiger partial charge in [-0.05, 0) is 0 Å². The van der Waals surface area contributed by atoms with Gasteiger partial charge < -0.3 is 0 Å². The molecule has 0 saturated carbocycles. The first kappa shape index (κ1) is 10.9. The summed E-state index contributed by atoms with van der Waals surface area (Å²) in [5, 5.41) is 3.38. The van der Waals surface area contributed by atoms with Crippen LogP contribution in [0.2, 0.25) is 0 Å². The first-order valence-electron chi connectivity index (χ1n) is 5.00. The molecule has 0 aromatic carbocycles. The molecule has 3 aromatic heterocycles. The topological polar surface area (TPSA) is 39.4 Å². The van der Waals surface area contributed by atoms with Crippen LogP contribution in [0.15, 0.2) is 69.0 Å². The molecule has 3 nitrogen and oxygen atoms in total. The number of rotatable bonds is 3. The minimum absolute atomic E-state index is 1.13. The zero-order chi connectivity index (χ0) is 11.7. The fourth-order valence-corrected chi connectivity index (χ4v) is 6.05. The summed E-state index contributed by atoms with van der Waals surface area (Å²) in [6.07, 6.45) is 10.4. The Morgan fingerprint density at radius 1 is 0.706 bits per heavy atom. The van der Waals surface area contributed by atoms with Crippen LogP contribution in [0.1, 0.15) is 0 Å². The Balaban J connectivity index is 2.26. The Hall–Kier alpha value is -1.21. The van der Waals surface area contributed by atoms with Crippen LogP contribution in [0, 0.1) is 0 Å². The van der Waals surface area contributed by atoms with Crippen LogP contribution in [0.3, 0.4) is 0 Å². The predicted octanol–water partition coefficient (Wildman–Crippen LogP) is 1.84. The third-order valence-corrected chi connectivity index (χ3v) is 9.54. The molecule has 0 aliphatic carbocycles. The molecule has 0 fully saturated rings. The van der Waals surface area contributed by atoms with Crippen molar-refractivity contribution in [2.45, 2.75) is 0 Å². The third-order valence-electron chi connectivity index (χ3n) is 2.61. The fraction of sp³-hybridized carbons (Fsp3) is 0. The maximum absolute atomic E-state index is 5.20. The zero-order valence-electron chi connectivity index (χ0n) is 8.78. The average Bonchev–Trinajstić information content (AvgIpc) is 3.10. The van der Waals surface area contributed by atoms with E-state index in [-0.39, 0.29) is 0 Å². The van der Waals surface area contributed by atoms with Crippen LogP contribution in [0.25, 0.3) is 0 Å². The molecule has 86 valence electrons. The van der Waals surface area contributed by atoms with E-state index in [9.17, 15) is 0 Å². The van der Waals surface area contributed by atoms with Gasteiger partial charge in [-0.3, -0.25) is 0 Å². The molecule has 0 saturated heterocycles. The van der Waals surface area contributed by atoms with Crippen molar-refractivity contribution in [3.05, 3.63) is 55.8 Å². The average molecular weight is 311 g/mol. The molecule has 0 aliphatic heterocycles. The van der Waals surface area contributed by atoms with Gasteiger partial charge in [-0.1, -0.05) is 0 Å². The standard InChI is InChI=1S/C12H9O3PSe/c17-16(10-1-4-13-7-10,11-2-5-14-8-11)12-3-6-15-9-12/h1-9H. The van der Waals surface area contributed by atoms with Gasteiger partial charge in [0.1, 0.15) is 0 Å². The van der Waals surface area contributed by atoms with E-state index >= 15 is 0 Å². The molecule has 0 amide bonds. The Kier molecular flexibility index (Phi) is 2.71. The van der Waals surface area contributed by atoms with Gasteiger partial charge in [-0.15, -0.1) is 0 Å². The van der Waals surface area contributed by atoms with Crippen LogP contribution >= 0.6 is 5.51 Å². The van der Waals surface area contributed by atoms with Gasteiger partial charge in [-0.25, -0.2) is 0 Å². The summed E-state index contributed by atoms with van der Waals surface area (Å²) in [4.78, 5) is 0. The van der Waals surface area contributed by atoms with Crippen LogP contribution in [0.5, 0.6) is 0 Å². The van der Waals surface area contributed by atoms with Gasteiger partial charge >= 0.3 is 106 Å². The van der Waals surface area contributed by atoms with Crippen molar-refractivity contribution >= 4 is 36.5 Å². The van der Waals surface area contributed by atoms with Crippen molar-refractivity contribution in [3.63, 3.8) is 0 Å².